The lowest BCUT2D eigenvalue weighted by Crippen LogP contribution is -2.65. The van der Waals surface area contributed by atoms with Crippen LogP contribution in [0, 0.1) is 34.5 Å². The van der Waals surface area contributed by atoms with Gasteiger partial charge in [-0.1, -0.05) is 13.8 Å². The molecule has 52 heavy (non-hydrogen) atoms. The van der Waals surface area contributed by atoms with Gasteiger partial charge in [0.15, 0.2) is 18.7 Å². The Hall–Kier alpha value is -1.72. The number of carbonyl (C=O) groups is 2. The predicted molar refractivity (Wildman–Crippen MR) is 180 cm³/mol. The Kier molecular flexibility index (Phi) is 10.7. The van der Waals surface area contributed by atoms with E-state index in [0.29, 0.717) is 18.4 Å². The highest BCUT2D eigenvalue weighted by atomic mass is 16.8. The second-order valence-corrected chi connectivity index (χ2v) is 17.1. The molecule has 14 nitrogen and oxygen atoms in total. The van der Waals surface area contributed by atoms with Crippen molar-refractivity contribution in [3.63, 3.8) is 0 Å². The number of fused-ring (bicyclic) bond motifs is 5. The molecule has 4 aliphatic carbocycles. The maximum atomic E-state index is 12.6. The van der Waals surface area contributed by atoms with Crippen LogP contribution in [0.15, 0.2) is 11.6 Å². The van der Waals surface area contributed by atoms with Crippen LogP contribution >= 0.6 is 0 Å². The van der Waals surface area contributed by atoms with E-state index in [0.717, 1.165) is 63.4 Å². The van der Waals surface area contributed by atoms with Gasteiger partial charge in [0.05, 0.1) is 24.4 Å². The average molecular weight is 739 g/mol. The fourth-order valence-electron chi connectivity index (χ4n) is 11.9. The van der Waals surface area contributed by atoms with Crippen molar-refractivity contribution in [1.82, 2.24) is 0 Å². The highest BCUT2D eigenvalue weighted by Crippen LogP contribution is 2.70. The number of rotatable bonds is 8. The standard InChI is InChI=1S/C38H58O14/c1-18-31(52-34-30(44)29(43)28(42)26(16-39)51-34)32(46-5)33(49-19(2)40)35(48-18)50-22-8-11-36(3)21(15-22)6-7-25-24(36)9-12-37(4)23(10-13-38(25,37)45)20-14-27(41)47-17-20/h14,18,21-26,28-35,39,42-45H,6-13,15-17H2,1-5H3/t18-,21-,22+,23-,24+,25-,26-,28-,29+,30-,31-,32+,33-,34+,35+,36+,37-,38+/m1/s1. The Labute approximate surface area is 305 Å². The SMILES string of the molecule is CO[C@@H]1[C@@H](OC(C)=O)[C@H](O[C@H]2CC[C@@]3(C)[C@H](CC[C@@H]4[C@@H]3CC[C@]3(C)[C@@H](C5=CC(=O)OC5)CC[C@]43O)C2)O[C@H](C)[C@H]1O[C@@H]1O[C@H](CO)[C@@H](O)[C@H](O)[C@H]1O. The van der Waals surface area contributed by atoms with E-state index in [1.165, 1.54) is 14.0 Å². The first-order chi connectivity index (χ1) is 24.6. The average Bonchev–Trinajstić information content (AvgIpc) is 3.65. The van der Waals surface area contributed by atoms with Crippen LogP contribution in [0.2, 0.25) is 0 Å². The van der Waals surface area contributed by atoms with Crippen molar-refractivity contribution in [1.29, 1.82) is 0 Å². The number of aliphatic hydroxyl groups is 5. The molecule has 3 aliphatic heterocycles. The molecule has 6 fully saturated rings. The van der Waals surface area contributed by atoms with Gasteiger partial charge in [-0.05, 0) is 99.4 Å². The van der Waals surface area contributed by atoms with Crippen LogP contribution in [0.4, 0.5) is 0 Å². The number of carbonyl (C=O) groups excluding carboxylic acids is 2. The van der Waals surface area contributed by atoms with E-state index in [1.54, 1.807) is 13.0 Å². The van der Waals surface area contributed by atoms with Gasteiger partial charge in [0, 0.05) is 25.5 Å². The highest BCUT2D eigenvalue weighted by Gasteiger charge is 2.68. The van der Waals surface area contributed by atoms with Crippen LogP contribution in [-0.2, 0) is 42.7 Å². The molecular weight excluding hydrogens is 680 g/mol. The van der Waals surface area contributed by atoms with Crippen LogP contribution in [0.3, 0.4) is 0 Å². The van der Waals surface area contributed by atoms with Gasteiger partial charge in [0.25, 0.3) is 0 Å². The van der Waals surface area contributed by atoms with Crippen LogP contribution in [0.5, 0.6) is 0 Å². The largest absolute Gasteiger partial charge is 0.458 e. The zero-order valence-corrected chi connectivity index (χ0v) is 30.9. The molecule has 14 heteroatoms. The molecule has 294 valence electrons. The zero-order chi connectivity index (χ0) is 37.3. The number of cyclic esters (lactones) is 1. The first-order valence-corrected chi connectivity index (χ1v) is 19.2. The Morgan fingerprint density at radius 2 is 1.67 bits per heavy atom. The summed E-state index contributed by atoms with van der Waals surface area (Å²) in [5, 5.41) is 53.4. The van der Waals surface area contributed by atoms with Gasteiger partial charge in [-0.25, -0.2) is 4.79 Å². The third-order valence-electron chi connectivity index (χ3n) is 14.7. The summed E-state index contributed by atoms with van der Waals surface area (Å²) in [7, 11) is 1.44. The van der Waals surface area contributed by atoms with Crippen molar-refractivity contribution in [3.8, 4) is 0 Å². The summed E-state index contributed by atoms with van der Waals surface area (Å²) in [4.78, 5) is 24.3. The number of ether oxygens (including phenoxy) is 7. The highest BCUT2D eigenvalue weighted by molar-refractivity contribution is 5.85. The fourth-order valence-corrected chi connectivity index (χ4v) is 11.9. The first kappa shape index (κ1) is 38.6. The molecule has 0 amide bonds. The molecule has 0 aromatic heterocycles. The molecule has 0 aromatic rings. The van der Waals surface area contributed by atoms with E-state index in [-0.39, 0.29) is 34.7 Å². The molecule has 5 N–H and O–H groups in total. The summed E-state index contributed by atoms with van der Waals surface area (Å²) in [6, 6.07) is 0. The Morgan fingerprint density at radius 3 is 2.35 bits per heavy atom. The molecule has 18 atom stereocenters. The van der Waals surface area contributed by atoms with Gasteiger partial charge < -0.3 is 58.7 Å². The molecule has 0 unspecified atom stereocenters. The second kappa shape index (κ2) is 14.4. The minimum Gasteiger partial charge on any atom is -0.458 e. The summed E-state index contributed by atoms with van der Waals surface area (Å²) in [6.45, 7) is 7.39. The van der Waals surface area contributed by atoms with Gasteiger partial charge in [-0.3, -0.25) is 4.79 Å². The molecular formula is C38H58O14. The fraction of sp³-hybridized carbons (Fsp3) is 0.895. The lowest BCUT2D eigenvalue weighted by atomic mass is 9.43. The van der Waals surface area contributed by atoms with E-state index in [4.69, 9.17) is 33.2 Å². The molecule has 4 saturated carbocycles. The topological polar surface area (TPSA) is 200 Å². The van der Waals surface area contributed by atoms with Crippen LogP contribution < -0.4 is 0 Å². The smallest absolute Gasteiger partial charge is 0.331 e. The summed E-state index contributed by atoms with van der Waals surface area (Å²) in [6.07, 6.45) is -2.55. The van der Waals surface area contributed by atoms with Crippen molar-refractivity contribution in [2.24, 2.45) is 34.5 Å². The van der Waals surface area contributed by atoms with Gasteiger partial charge in [-0.15, -0.1) is 0 Å². The number of methoxy groups -OCH3 is 1. The summed E-state index contributed by atoms with van der Waals surface area (Å²) in [5.74, 6) is 0.237. The van der Waals surface area contributed by atoms with Crippen molar-refractivity contribution in [2.45, 2.75) is 159 Å². The third kappa shape index (κ3) is 6.26. The van der Waals surface area contributed by atoms with E-state index in [1.807, 2.05) is 0 Å². The Morgan fingerprint density at radius 1 is 0.904 bits per heavy atom. The molecule has 0 bridgehead atoms. The lowest BCUT2D eigenvalue weighted by Gasteiger charge is -2.64. The number of hydrogen-bond acceptors (Lipinski definition) is 14. The van der Waals surface area contributed by atoms with Crippen molar-refractivity contribution in [3.05, 3.63) is 11.6 Å². The molecule has 0 spiro atoms. The van der Waals surface area contributed by atoms with Crippen molar-refractivity contribution < 1.29 is 68.3 Å². The number of esters is 2. The van der Waals surface area contributed by atoms with Crippen LogP contribution in [0.1, 0.15) is 85.5 Å². The normalized spacial score (nSPS) is 51.8. The van der Waals surface area contributed by atoms with Crippen molar-refractivity contribution in [2.75, 3.05) is 20.3 Å². The van der Waals surface area contributed by atoms with E-state index in [9.17, 15) is 35.1 Å². The molecule has 3 heterocycles. The van der Waals surface area contributed by atoms with E-state index >= 15 is 0 Å². The summed E-state index contributed by atoms with van der Waals surface area (Å²) >= 11 is 0. The van der Waals surface area contributed by atoms with Crippen LogP contribution in [0.25, 0.3) is 0 Å². The lowest BCUT2D eigenvalue weighted by molar-refractivity contribution is -0.362. The second-order valence-electron chi connectivity index (χ2n) is 17.1. The maximum Gasteiger partial charge on any atom is 0.331 e. The number of hydrogen-bond donors (Lipinski definition) is 5. The van der Waals surface area contributed by atoms with Gasteiger partial charge in [0.1, 0.15) is 43.2 Å². The molecule has 0 aromatic carbocycles. The van der Waals surface area contributed by atoms with E-state index in [2.05, 4.69) is 13.8 Å². The van der Waals surface area contributed by atoms with Gasteiger partial charge >= 0.3 is 11.9 Å². The summed E-state index contributed by atoms with van der Waals surface area (Å²) in [5.41, 5.74) is -0.0196. The Bertz CT molecular complexity index is 1370. The minimum absolute atomic E-state index is 0.0268. The predicted octanol–water partition coefficient (Wildman–Crippen LogP) is 1.51. The zero-order valence-electron chi connectivity index (χ0n) is 30.9. The van der Waals surface area contributed by atoms with Crippen molar-refractivity contribution >= 4 is 11.9 Å². The Balaban J connectivity index is 1.03. The monoisotopic (exact) mass is 738 g/mol. The maximum absolute atomic E-state index is 12.6. The van der Waals surface area contributed by atoms with Gasteiger partial charge in [0.2, 0.25) is 0 Å². The quantitative estimate of drug-likeness (QED) is 0.177. The minimum atomic E-state index is -1.63. The molecule has 2 saturated heterocycles. The number of aliphatic hydroxyl groups excluding tert-OH is 4. The molecule has 7 aliphatic rings. The van der Waals surface area contributed by atoms with E-state index < -0.39 is 79.6 Å². The first-order valence-electron chi connectivity index (χ1n) is 19.2. The third-order valence-corrected chi connectivity index (χ3v) is 14.7. The molecule has 7 rings (SSSR count). The van der Waals surface area contributed by atoms with Crippen LogP contribution in [-0.4, -0.2) is 131 Å². The molecule has 0 radical (unpaired) electrons. The van der Waals surface area contributed by atoms with Gasteiger partial charge in [-0.2, -0.15) is 0 Å². The summed E-state index contributed by atoms with van der Waals surface area (Å²) < 4.78 is 41.5.